The van der Waals surface area contributed by atoms with Crippen LogP contribution < -0.4 is 15.8 Å². The third-order valence-corrected chi connectivity index (χ3v) is 4.03. The molecule has 0 saturated carbocycles. The van der Waals surface area contributed by atoms with Crippen molar-refractivity contribution >= 4 is 28.7 Å². The number of hydrogen-bond acceptors (Lipinski definition) is 6. The molecule has 0 spiro atoms. The van der Waals surface area contributed by atoms with Gasteiger partial charge in [0.2, 0.25) is 11.8 Å². The van der Waals surface area contributed by atoms with Gasteiger partial charge in [-0.3, -0.25) is 4.79 Å². The van der Waals surface area contributed by atoms with Crippen LogP contribution in [0.2, 0.25) is 0 Å². The molecule has 0 fully saturated rings. The van der Waals surface area contributed by atoms with E-state index in [1.54, 1.807) is 36.4 Å². The summed E-state index contributed by atoms with van der Waals surface area (Å²) in [6, 6.07) is 12.3. The number of carbonyl (C=O) groups is 1. The van der Waals surface area contributed by atoms with Gasteiger partial charge in [-0.25, -0.2) is 9.97 Å². The normalized spacial score (nSPS) is 11.3. The van der Waals surface area contributed by atoms with Gasteiger partial charge >= 0.3 is 0 Å². The largest absolute Gasteiger partial charge is 0.470 e. The lowest BCUT2D eigenvalue weighted by Gasteiger charge is -2.24. The molecule has 3 N–H and O–H groups in total. The Bertz CT molecular complexity index is 941. The molecule has 3 rings (SSSR count). The standard InChI is InChI=1S/C19H21N5O2/c1-4-19(2,3)26-17-15-13(21-18(20)24-17)10-11-14(22-15)23-16(25)12-8-6-5-7-9-12/h5-11H,4H2,1-3H3,(H2,20,21,24)(H,22,23,25). The van der Waals surface area contributed by atoms with Gasteiger partial charge in [0.25, 0.3) is 5.91 Å². The van der Waals surface area contributed by atoms with Gasteiger partial charge in [0.1, 0.15) is 11.4 Å². The lowest BCUT2D eigenvalue weighted by molar-refractivity contribution is 0.101. The Morgan fingerprint density at radius 2 is 1.85 bits per heavy atom. The van der Waals surface area contributed by atoms with Crippen molar-refractivity contribution in [1.29, 1.82) is 0 Å². The maximum atomic E-state index is 12.3. The van der Waals surface area contributed by atoms with Crippen LogP contribution >= 0.6 is 0 Å². The molecule has 0 radical (unpaired) electrons. The zero-order valence-electron chi connectivity index (χ0n) is 15.0. The number of nitrogens with two attached hydrogens (primary N) is 1. The highest BCUT2D eigenvalue weighted by atomic mass is 16.5. The Morgan fingerprint density at radius 3 is 2.54 bits per heavy atom. The molecule has 2 aromatic heterocycles. The minimum atomic E-state index is -0.432. The highest BCUT2D eigenvalue weighted by molar-refractivity contribution is 6.04. The van der Waals surface area contributed by atoms with E-state index < -0.39 is 5.60 Å². The Balaban J connectivity index is 1.96. The summed E-state index contributed by atoms with van der Waals surface area (Å²) < 4.78 is 5.98. The van der Waals surface area contributed by atoms with Crippen LogP contribution in [-0.2, 0) is 0 Å². The Morgan fingerprint density at radius 1 is 1.12 bits per heavy atom. The van der Waals surface area contributed by atoms with E-state index in [1.807, 2.05) is 26.8 Å². The molecule has 0 saturated heterocycles. The predicted octanol–water partition coefficient (Wildman–Crippen LogP) is 3.43. The Kier molecular flexibility index (Phi) is 4.71. The maximum Gasteiger partial charge on any atom is 0.256 e. The molecule has 3 aromatic rings. The van der Waals surface area contributed by atoms with E-state index in [-0.39, 0.29) is 11.9 Å². The van der Waals surface area contributed by atoms with E-state index in [1.165, 1.54) is 0 Å². The fraction of sp³-hybridized carbons (Fsp3) is 0.263. The zero-order valence-corrected chi connectivity index (χ0v) is 15.0. The summed E-state index contributed by atoms with van der Waals surface area (Å²) in [6.45, 7) is 5.93. The van der Waals surface area contributed by atoms with Crippen molar-refractivity contribution in [3.05, 3.63) is 48.0 Å². The maximum absolute atomic E-state index is 12.3. The molecule has 0 unspecified atom stereocenters. The van der Waals surface area contributed by atoms with Gasteiger partial charge in [0.05, 0.1) is 5.52 Å². The van der Waals surface area contributed by atoms with Crippen molar-refractivity contribution in [3.8, 4) is 5.88 Å². The molecular weight excluding hydrogens is 330 g/mol. The van der Waals surface area contributed by atoms with Gasteiger partial charge in [-0.2, -0.15) is 4.98 Å². The van der Waals surface area contributed by atoms with Gasteiger partial charge in [0.15, 0.2) is 5.52 Å². The highest BCUT2D eigenvalue weighted by Crippen LogP contribution is 2.27. The minimum Gasteiger partial charge on any atom is -0.470 e. The van der Waals surface area contributed by atoms with Crippen LogP contribution in [0.1, 0.15) is 37.6 Å². The minimum absolute atomic E-state index is 0.113. The molecule has 26 heavy (non-hydrogen) atoms. The van der Waals surface area contributed by atoms with E-state index in [4.69, 9.17) is 10.5 Å². The van der Waals surface area contributed by atoms with E-state index in [0.717, 1.165) is 6.42 Å². The molecule has 134 valence electrons. The number of fused-ring (bicyclic) bond motifs is 1. The number of benzene rings is 1. The van der Waals surface area contributed by atoms with E-state index in [0.29, 0.717) is 28.3 Å². The number of pyridine rings is 1. The van der Waals surface area contributed by atoms with Crippen molar-refractivity contribution in [2.75, 3.05) is 11.1 Å². The smallest absolute Gasteiger partial charge is 0.256 e. The quantitative estimate of drug-likeness (QED) is 0.730. The summed E-state index contributed by atoms with van der Waals surface area (Å²) >= 11 is 0. The molecule has 0 aliphatic carbocycles. The molecule has 7 heteroatoms. The fourth-order valence-corrected chi connectivity index (χ4v) is 2.26. The van der Waals surface area contributed by atoms with Gasteiger partial charge in [0, 0.05) is 5.56 Å². The lowest BCUT2D eigenvalue weighted by Crippen LogP contribution is -2.27. The molecule has 1 amide bonds. The number of anilines is 2. The molecular formula is C19H21N5O2. The molecule has 1 aromatic carbocycles. The second kappa shape index (κ2) is 6.95. The number of aromatic nitrogens is 3. The van der Waals surface area contributed by atoms with Crippen LogP contribution in [0.3, 0.4) is 0 Å². The van der Waals surface area contributed by atoms with Gasteiger partial charge in [-0.15, -0.1) is 0 Å². The average Bonchev–Trinajstić information content (AvgIpc) is 2.62. The SMILES string of the molecule is CCC(C)(C)Oc1nc(N)nc2ccc(NC(=O)c3ccccc3)nc12. The molecule has 0 atom stereocenters. The number of nitrogens with zero attached hydrogens (tertiary/aromatic N) is 3. The molecule has 0 bridgehead atoms. The first-order valence-electron chi connectivity index (χ1n) is 8.37. The number of amides is 1. The van der Waals surface area contributed by atoms with Crippen LogP contribution in [0.25, 0.3) is 11.0 Å². The number of nitrogen functional groups attached to an aromatic ring is 1. The van der Waals surface area contributed by atoms with Crippen LogP contribution in [-0.4, -0.2) is 26.5 Å². The van der Waals surface area contributed by atoms with Crippen molar-refractivity contribution in [2.24, 2.45) is 0 Å². The third kappa shape index (κ3) is 3.88. The van der Waals surface area contributed by atoms with E-state index in [9.17, 15) is 4.79 Å². The van der Waals surface area contributed by atoms with Crippen LogP contribution in [0.5, 0.6) is 5.88 Å². The van der Waals surface area contributed by atoms with Crippen LogP contribution in [0, 0.1) is 0 Å². The Labute approximate surface area is 151 Å². The zero-order chi connectivity index (χ0) is 18.7. The molecule has 7 nitrogen and oxygen atoms in total. The molecule has 0 aliphatic heterocycles. The molecule has 2 heterocycles. The second-order valence-electron chi connectivity index (χ2n) is 6.49. The third-order valence-electron chi connectivity index (χ3n) is 4.03. The number of rotatable bonds is 5. The van der Waals surface area contributed by atoms with Gasteiger partial charge < -0.3 is 15.8 Å². The monoisotopic (exact) mass is 351 g/mol. The first-order valence-corrected chi connectivity index (χ1v) is 8.37. The highest BCUT2D eigenvalue weighted by Gasteiger charge is 2.21. The van der Waals surface area contributed by atoms with Crippen molar-refractivity contribution in [2.45, 2.75) is 32.8 Å². The topological polar surface area (TPSA) is 103 Å². The summed E-state index contributed by atoms with van der Waals surface area (Å²) in [5, 5.41) is 2.78. The van der Waals surface area contributed by atoms with Crippen molar-refractivity contribution in [1.82, 2.24) is 15.0 Å². The first kappa shape index (κ1) is 17.6. The van der Waals surface area contributed by atoms with Gasteiger partial charge in [-0.1, -0.05) is 25.1 Å². The Hall–Kier alpha value is -3.22. The van der Waals surface area contributed by atoms with Crippen molar-refractivity contribution in [3.63, 3.8) is 0 Å². The number of carbonyl (C=O) groups excluding carboxylic acids is 1. The van der Waals surface area contributed by atoms with E-state index >= 15 is 0 Å². The van der Waals surface area contributed by atoms with Crippen molar-refractivity contribution < 1.29 is 9.53 Å². The summed E-state index contributed by atoms with van der Waals surface area (Å²) in [7, 11) is 0. The average molecular weight is 351 g/mol. The summed E-state index contributed by atoms with van der Waals surface area (Å²) in [5.74, 6) is 0.557. The molecule has 0 aliphatic rings. The van der Waals surface area contributed by atoms with E-state index in [2.05, 4.69) is 20.3 Å². The summed E-state index contributed by atoms with van der Waals surface area (Å²) in [6.07, 6.45) is 0.781. The predicted molar refractivity (Wildman–Crippen MR) is 101 cm³/mol. The first-order chi connectivity index (χ1) is 12.4. The van der Waals surface area contributed by atoms with Crippen LogP contribution in [0.15, 0.2) is 42.5 Å². The lowest BCUT2D eigenvalue weighted by atomic mass is 10.1. The summed E-state index contributed by atoms with van der Waals surface area (Å²) in [5.41, 5.74) is 6.90. The van der Waals surface area contributed by atoms with Crippen LogP contribution in [0.4, 0.5) is 11.8 Å². The van der Waals surface area contributed by atoms with Gasteiger partial charge in [-0.05, 0) is 44.5 Å². The number of hydrogen-bond donors (Lipinski definition) is 2. The number of nitrogens with one attached hydrogen (secondary N) is 1. The fourth-order valence-electron chi connectivity index (χ4n) is 2.26. The summed E-state index contributed by atoms with van der Waals surface area (Å²) in [4.78, 5) is 25.2. The second-order valence-corrected chi connectivity index (χ2v) is 6.49. The number of ether oxygens (including phenoxy) is 1.